The molecule has 74 valence electrons. The molecule has 4 nitrogen and oxygen atoms in total. The summed E-state index contributed by atoms with van der Waals surface area (Å²) in [5, 5.41) is 0. The summed E-state index contributed by atoms with van der Waals surface area (Å²) < 4.78 is 0. The Morgan fingerprint density at radius 1 is 1.36 bits per heavy atom. The Morgan fingerprint density at radius 2 is 2.00 bits per heavy atom. The minimum absolute atomic E-state index is 0.143. The molecule has 1 rings (SSSR count). The lowest BCUT2D eigenvalue weighted by Crippen LogP contribution is -2.30. The normalized spacial score (nSPS) is 15.4. The van der Waals surface area contributed by atoms with Gasteiger partial charge in [0.1, 0.15) is 0 Å². The molecule has 0 fully saturated rings. The molecule has 0 aromatic carbocycles. The van der Waals surface area contributed by atoms with E-state index in [9.17, 15) is 14.4 Å². The summed E-state index contributed by atoms with van der Waals surface area (Å²) in [4.78, 5) is 34.8. The van der Waals surface area contributed by atoms with Crippen LogP contribution in [0.2, 0.25) is 0 Å². The zero-order valence-electron chi connectivity index (χ0n) is 8.11. The first-order valence-electron chi connectivity index (χ1n) is 4.31. The lowest BCUT2D eigenvalue weighted by Gasteiger charge is -2.19. The first kappa shape index (κ1) is 10.4. The second-order valence-corrected chi connectivity index (χ2v) is 2.94. The van der Waals surface area contributed by atoms with Crippen molar-refractivity contribution in [3.63, 3.8) is 0 Å². The fourth-order valence-corrected chi connectivity index (χ4v) is 1.13. The second-order valence-electron chi connectivity index (χ2n) is 2.94. The minimum Gasteiger partial charge on any atom is -0.312 e. The van der Waals surface area contributed by atoms with Crippen LogP contribution in [0.3, 0.4) is 0 Å². The highest BCUT2D eigenvalue weighted by atomic mass is 16.2. The molecule has 0 unspecified atom stereocenters. The molecule has 0 bridgehead atoms. The van der Waals surface area contributed by atoms with Crippen LogP contribution in [0.5, 0.6) is 0 Å². The fourth-order valence-electron chi connectivity index (χ4n) is 1.13. The molecule has 0 atom stereocenters. The van der Waals surface area contributed by atoms with Gasteiger partial charge in [0.05, 0.1) is 5.70 Å². The van der Waals surface area contributed by atoms with Gasteiger partial charge >= 0.3 is 0 Å². The molecule has 0 saturated carbocycles. The number of carbonyl (C=O) groups excluding carboxylic acids is 3. The summed E-state index contributed by atoms with van der Waals surface area (Å²) in [6.07, 6.45) is 3.85. The van der Waals surface area contributed by atoms with E-state index in [1.807, 2.05) is 0 Å². The maximum Gasteiger partial charge on any atom is 0.226 e. The van der Waals surface area contributed by atoms with E-state index in [2.05, 4.69) is 0 Å². The van der Waals surface area contributed by atoms with E-state index < -0.39 is 0 Å². The van der Waals surface area contributed by atoms with Gasteiger partial charge in [0, 0.05) is 19.5 Å². The van der Waals surface area contributed by atoms with Gasteiger partial charge in [-0.1, -0.05) is 6.92 Å². The van der Waals surface area contributed by atoms with Crippen molar-refractivity contribution in [2.45, 2.75) is 13.3 Å². The number of rotatable bonds is 2. The van der Waals surface area contributed by atoms with Crippen molar-refractivity contribution in [2.24, 2.45) is 0 Å². The maximum atomic E-state index is 11.3. The van der Waals surface area contributed by atoms with Crippen LogP contribution in [0.15, 0.2) is 23.9 Å². The number of ketones is 2. The second kappa shape index (κ2) is 4.00. The third-order valence-electron chi connectivity index (χ3n) is 1.97. The van der Waals surface area contributed by atoms with E-state index in [0.29, 0.717) is 6.42 Å². The number of nitrogens with zero attached hydrogens (tertiary/aromatic N) is 1. The van der Waals surface area contributed by atoms with Crippen LogP contribution in [-0.4, -0.2) is 29.4 Å². The van der Waals surface area contributed by atoms with E-state index in [-0.39, 0.29) is 23.2 Å². The fraction of sp³-hybridized carbons (Fsp3) is 0.300. The standard InChI is InChI=1S/C10H11NO3/c1-3-10(14)11(2)8-6-7(12)4-5-9(8)13/h4-6H,3H2,1-2H3. The molecule has 1 amide bonds. The van der Waals surface area contributed by atoms with Gasteiger partial charge in [0.15, 0.2) is 5.78 Å². The SMILES string of the molecule is CCC(=O)N(C)C1=CC(=O)C=CC1=O. The van der Waals surface area contributed by atoms with Crippen LogP contribution in [0.1, 0.15) is 13.3 Å². The van der Waals surface area contributed by atoms with Crippen LogP contribution in [0.4, 0.5) is 0 Å². The topological polar surface area (TPSA) is 54.5 Å². The van der Waals surface area contributed by atoms with Gasteiger partial charge in [0.25, 0.3) is 0 Å². The lowest BCUT2D eigenvalue weighted by molar-refractivity contribution is -0.130. The zero-order chi connectivity index (χ0) is 10.7. The van der Waals surface area contributed by atoms with E-state index in [0.717, 1.165) is 0 Å². The highest BCUT2D eigenvalue weighted by Gasteiger charge is 2.20. The summed E-state index contributed by atoms with van der Waals surface area (Å²) in [6.45, 7) is 1.70. The van der Waals surface area contributed by atoms with Crippen molar-refractivity contribution >= 4 is 17.5 Å². The third kappa shape index (κ3) is 1.96. The van der Waals surface area contributed by atoms with E-state index in [4.69, 9.17) is 0 Å². The average molecular weight is 193 g/mol. The van der Waals surface area contributed by atoms with Crippen molar-refractivity contribution in [3.05, 3.63) is 23.9 Å². The number of amides is 1. The molecule has 0 saturated heterocycles. The smallest absolute Gasteiger partial charge is 0.226 e. The van der Waals surface area contributed by atoms with Crippen molar-refractivity contribution in [1.29, 1.82) is 0 Å². The van der Waals surface area contributed by atoms with Crippen LogP contribution in [-0.2, 0) is 14.4 Å². The van der Waals surface area contributed by atoms with Gasteiger partial charge in [-0.15, -0.1) is 0 Å². The first-order valence-corrected chi connectivity index (χ1v) is 4.31. The number of likely N-dealkylation sites (N-methyl/N-ethyl adjacent to an activating group) is 1. The van der Waals surface area contributed by atoms with Gasteiger partial charge in [0.2, 0.25) is 11.7 Å². The molecule has 0 aromatic rings. The molecule has 0 heterocycles. The Morgan fingerprint density at radius 3 is 2.57 bits per heavy atom. The molecule has 14 heavy (non-hydrogen) atoms. The zero-order valence-corrected chi connectivity index (χ0v) is 8.11. The molecule has 0 spiro atoms. The highest BCUT2D eigenvalue weighted by molar-refractivity contribution is 6.18. The van der Waals surface area contributed by atoms with Gasteiger partial charge in [-0.2, -0.15) is 0 Å². The molecule has 4 heteroatoms. The molecule has 0 radical (unpaired) electrons. The number of hydrogen-bond acceptors (Lipinski definition) is 3. The Kier molecular flexibility index (Phi) is 2.96. The predicted octanol–water partition coefficient (Wildman–Crippen LogP) is 0.447. The van der Waals surface area contributed by atoms with Gasteiger partial charge < -0.3 is 4.90 Å². The van der Waals surface area contributed by atoms with Crippen molar-refractivity contribution < 1.29 is 14.4 Å². The Labute approximate surface area is 81.9 Å². The summed E-state index contributed by atoms with van der Waals surface area (Å²) in [7, 11) is 1.49. The molecule has 0 aromatic heterocycles. The molecule has 1 aliphatic rings. The first-order chi connectivity index (χ1) is 6.56. The van der Waals surface area contributed by atoms with Gasteiger partial charge in [-0.05, 0) is 12.2 Å². The number of allylic oxidation sites excluding steroid dienone is 3. The maximum absolute atomic E-state index is 11.3. The van der Waals surface area contributed by atoms with E-state index in [1.54, 1.807) is 6.92 Å². The van der Waals surface area contributed by atoms with Crippen LogP contribution in [0, 0.1) is 0 Å². The molecule has 0 aliphatic heterocycles. The van der Waals surface area contributed by atoms with Crippen molar-refractivity contribution in [1.82, 2.24) is 4.90 Å². The molecular formula is C10H11NO3. The van der Waals surface area contributed by atoms with Gasteiger partial charge in [-0.3, -0.25) is 14.4 Å². The van der Waals surface area contributed by atoms with Crippen molar-refractivity contribution in [2.75, 3.05) is 7.05 Å². The van der Waals surface area contributed by atoms with E-state index in [1.165, 1.54) is 30.2 Å². The minimum atomic E-state index is -0.311. The summed E-state index contributed by atoms with van der Waals surface area (Å²) in [5.41, 5.74) is 0.143. The van der Waals surface area contributed by atoms with Crippen LogP contribution >= 0.6 is 0 Å². The Hall–Kier alpha value is -1.71. The monoisotopic (exact) mass is 193 g/mol. The van der Waals surface area contributed by atoms with E-state index >= 15 is 0 Å². The summed E-state index contributed by atoms with van der Waals surface area (Å²) in [5.74, 6) is -0.767. The van der Waals surface area contributed by atoms with Crippen LogP contribution < -0.4 is 0 Å². The highest BCUT2D eigenvalue weighted by Crippen LogP contribution is 2.10. The number of carbonyl (C=O) groups is 3. The largest absolute Gasteiger partial charge is 0.312 e. The third-order valence-corrected chi connectivity index (χ3v) is 1.97. The molecule has 1 aliphatic carbocycles. The quantitative estimate of drug-likeness (QED) is 0.598. The molecule has 0 N–H and O–H groups in total. The predicted molar refractivity (Wildman–Crippen MR) is 50.3 cm³/mol. The number of hydrogen-bond donors (Lipinski definition) is 0. The van der Waals surface area contributed by atoms with Crippen molar-refractivity contribution in [3.8, 4) is 0 Å². The van der Waals surface area contributed by atoms with Gasteiger partial charge in [-0.25, -0.2) is 0 Å². The summed E-state index contributed by atoms with van der Waals surface area (Å²) in [6, 6.07) is 0. The summed E-state index contributed by atoms with van der Waals surface area (Å²) >= 11 is 0. The Balaban J connectivity index is 2.92. The lowest BCUT2D eigenvalue weighted by atomic mass is 10.1. The Bertz CT molecular complexity index is 352. The molecular weight excluding hydrogens is 182 g/mol. The van der Waals surface area contributed by atoms with Crippen LogP contribution in [0.25, 0.3) is 0 Å². The average Bonchev–Trinajstić information content (AvgIpc) is 2.19.